The Morgan fingerprint density at radius 3 is 2.47 bits per heavy atom. The molecule has 0 aromatic carbocycles. The van der Waals surface area contributed by atoms with Gasteiger partial charge in [-0.2, -0.15) is 0 Å². The van der Waals surface area contributed by atoms with E-state index in [9.17, 15) is 0 Å². The summed E-state index contributed by atoms with van der Waals surface area (Å²) in [5.74, 6) is 0.777. The Hall–Kier alpha value is -0.120. The van der Waals surface area contributed by atoms with E-state index in [2.05, 4.69) is 42.9 Å². The fraction of sp³-hybridized carbons (Fsp3) is 1.00. The van der Waals surface area contributed by atoms with Crippen molar-refractivity contribution in [2.75, 3.05) is 40.3 Å². The molecule has 1 fully saturated rings. The molecule has 1 aliphatic heterocycles. The van der Waals surface area contributed by atoms with Crippen molar-refractivity contribution in [2.45, 2.75) is 32.9 Å². The minimum absolute atomic E-state index is 0.650. The molecule has 2 atom stereocenters. The molecule has 1 heterocycles. The molecule has 1 saturated heterocycles. The molecule has 90 valence electrons. The molecule has 0 spiro atoms. The summed E-state index contributed by atoms with van der Waals surface area (Å²) < 4.78 is 0. The second-order valence-corrected chi connectivity index (χ2v) is 5.33. The van der Waals surface area contributed by atoms with Gasteiger partial charge in [0.1, 0.15) is 0 Å². The monoisotopic (exact) mass is 213 g/mol. The fourth-order valence-electron chi connectivity index (χ4n) is 2.69. The van der Waals surface area contributed by atoms with Gasteiger partial charge in [0.25, 0.3) is 0 Å². The highest BCUT2D eigenvalue weighted by Gasteiger charge is 2.27. The Bertz CT molecular complexity index is 182. The smallest absolute Gasteiger partial charge is 0.0350 e. The van der Waals surface area contributed by atoms with Crippen molar-refractivity contribution < 1.29 is 0 Å². The first-order valence-electron chi connectivity index (χ1n) is 6.13. The van der Waals surface area contributed by atoms with Gasteiger partial charge in [0.05, 0.1) is 0 Å². The van der Waals surface area contributed by atoms with Crippen molar-refractivity contribution in [2.24, 2.45) is 5.92 Å². The molecule has 1 rings (SSSR count). The van der Waals surface area contributed by atoms with Crippen molar-refractivity contribution in [3.05, 3.63) is 0 Å². The average molecular weight is 213 g/mol. The van der Waals surface area contributed by atoms with E-state index >= 15 is 0 Å². The SMILES string of the molecule is CNCC1CN(C)CC(C)CN1C(C)C. The third kappa shape index (κ3) is 3.74. The van der Waals surface area contributed by atoms with E-state index in [0.717, 1.165) is 12.5 Å². The second-order valence-electron chi connectivity index (χ2n) is 5.33. The lowest BCUT2D eigenvalue weighted by atomic mass is 10.1. The number of likely N-dealkylation sites (N-methyl/N-ethyl adjacent to an activating group) is 2. The van der Waals surface area contributed by atoms with Gasteiger partial charge in [-0.3, -0.25) is 4.90 Å². The summed E-state index contributed by atoms with van der Waals surface area (Å²) in [5.41, 5.74) is 0. The molecule has 3 nitrogen and oxygen atoms in total. The molecule has 0 aromatic rings. The summed E-state index contributed by atoms with van der Waals surface area (Å²) in [7, 11) is 4.29. The predicted molar refractivity (Wildman–Crippen MR) is 66.2 cm³/mol. The number of nitrogens with zero attached hydrogens (tertiary/aromatic N) is 2. The van der Waals surface area contributed by atoms with Crippen LogP contribution in [0.2, 0.25) is 0 Å². The Morgan fingerprint density at radius 1 is 1.27 bits per heavy atom. The summed E-state index contributed by atoms with van der Waals surface area (Å²) in [5, 5.41) is 3.32. The maximum absolute atomic E-state index is 3.32. The van der Waals surface area contributed by atoms with Crippen molar-refractivity contribution in [1.29, 1.82) is 0 Å². The molecule has 15 heavy (non-hydrogen) atoms. The first kappa shape index (κ1) is 12.9. The molecular formula is C12H27N3. The van der Waals surface area contributed by atoms with Crippen LogP contribution in [0.4, 0.5) is 0 Å². The van der Waals surface area contributed by atoms with Crippen LogP contribution in [-0.4, -0.2) is 62.2 Å². The molecule has 0 radical (unpaired) electrons. The minimum Gasteiger partial charge on any atom is -0.318 e. The Balaban J connectivity index is 2.68. The Kier molecular flexibility index (Phi) is 5.03. The molecule has 0 aliphatic carbocycles. The minimum atomic E-state index is 0.650. The highest BCUT2D eigenvalue weighted by molar-refractivity contribution is 4.84. The van der Waals surface area contributed by atoms with Crippen LogP contribution in [0.1, 0.15) is 20.8 Å². The van der Waals surface area contributed by atoms with Crippen LogP contribution in [0.5, 0.6) is 0 Å². The van der Waals surface area contributed by atoms with Crippen LogP contribution in [0.15, 0.2) is 0 Å². The zero-order chi connectivity index (χ0) is 11.4. The standard InChI is InChI=1S/C12H27N3/c1-10(2)15-8-11(3)7-14(5)9-12(15)6-13-4/h10-13H,6-9H2,1-5H3. The summed E-state index contributed by atoms with van der Waals surface area (Å²) in [6, 6.07) is 1.31. The van der Waals surface area contributed by atoms with E-state index in [-0.39, 0.29) is 0 Å². The molecule has 0 saturated carbocycles. The number of hydrogen-bond donors (Lipinski definition) is 1. The third-order valence-electron chi connectivity index (χ3n) is 3.24. The van der Waals surface area contributed by atoms with Crippen LogP contribution < -0.4 is 5.32 Å². The highest BCUT2D eigenvalue weighted by Crippen LogP contribution is 2.15. The summed E-state index contributed by atoms with van der Waals surface area (Å²) in [6.45, 7) is 11.7. The maximum atomic E-state index is 3.32. The van der Waals surface area contributed by atoms with E-state index in [1.165, 1.54) is 19.6 Å². The number of rotatable bonds is 3. The van der Waals surface area contributed by atoms with Crippen molar-refractivity contribution in [3.8, 4) is 0 Å². The lowest BCUT2D eigenvalue weighted by molar-refractivity contribution is 0.142. The van der Waals surface area contributed by atoms with Crippen LogP contribution >= 0.6 is 0 Å². The van der Waals surface area contributed by atoms with E-state index in [0.29, 0.717) is 12.1 Å². The molecular weight excluding hydrogens is 186 g/mol. The van der Waals surface area contributed by atoms with Crippen molar-refractivity contribution in [1.82, 2.24) is 15.1 Å². The van der Waals surface area contributed by atoms with Crippen LogP contribution in [0.25, 0.3) is 0 Å². The summed E-state index contributed by atoms with van der Waals surface area (Å²) in [6.07, 6.45) is 0. The van der Waals surface area contributed by atoms with E-state index in [1.807, 2.05) is 7.05 Å². The molecule has 2 unspecified atom stereocenters. The molecule has 0 amide bonds. The Morgan fingerprint density at radius 2 is 1.93 bits per heavy atom. The molecule has 1 aliphatic rings. The molecule has 1 N–H and O–H groups in total. The lowest BCUT2D eigenvalue weighted by Gasteiger charge is -2.34. The van der Waals surface area contributed by atoms with Crippen LogP contribution in [-0.2, 0) is 0 Å². The Labute approximate surface area is 94.8 Å². The van der Waals surface area contributed by atoms with Gasteiger partial charge >= 0.3 is 0 Å². The zero-order valence-electron chi connectivity index (χ0n) is 11.0. The van der Waals surface area contributed by atoms with Gasteiger partial charge in [-0.05, 0) is 33.9 Å². The topological polar surface area (TPSA) is 18.5 Å². The van der Waals surface area contributed by atoms with E-state index in [1.54, 1.807) is 0 Å². The van der Waals surface area contributed by atoms with E-state index in [4.69, 9.17) is 0 Å². The summed E-state index contributed by atoms with van der Waals surface area (Å²) >= 11 is 0. The fourth-order valence-corrected chi connectivity index (χ4v) is 2.69. The predicted octanol–water partition coefficient (Wildman–Crippen LogP) is 0.866. The molecule has 3 heteroatoms. The first-order valence-corrected chi connectivity index (χ1v) is 6.13. The first-order chi connectivity index (χ1) is 7.04. The average Bonchev–Trinajstić information content (AvgIpc) is 2.25. The van der Waals surface area contributed by atoms with E-state index < -0.39 is 0 Å². The van der Waals surface area contributed by atoms with Gasteiger partial charge in [0, 0.05) is 38.3 Å². The maximum Gasteiger partial charge on any atom is 0.0350 e. The molecule has 0 aromatic heterocycles. The highest BCUT2D eigenvalue weighted by atomic mass is 15.3. The van der Waals surface area contributed by atoms with Gasteiger partial charge in [-0.15, -0.1) is 0 Å². The van der Waals surface area contributed by atoms with Crippen molar-refractivity contribution >= 4 is 0 Å². The second kappa shape index (κ2) is 5.83. The van der Waals surface area contributed by atoms with Gasteiger partial charge < -0.3 is 10.2 Å². The lowest BCUT2D eigenvalue weighted by Crippen LogP contribution is -2.49. The third-order valence-corrected chi connectivity index (χ3v) is 3.24. The normalized spacial score (nSPS) is 30.8. The number of hydrogen-bond acceptors (Lipinski definition) is 3. The van der Waals surface area contributed by atoms with Gasteiger partial charge in [0.2, 0.25) is 0 Å². The van der Waals surface area contributed by atoms with Crippen LogP contribution in [0.3, 0.4) is 0 Å². The zero-order valence-corrected chi connectivity index (χ0v) is 11.0. The van der Waals surface area contributed by atoms with Crippen LogP contribution in [0, 0.1) is 5.92 Å². The quantitative estimate of drug-likeness (QED) is 0.750. The largest absolute Gasteiger partial charge is 0.318 e. The van der Waals surface area contributed by atoms with Gasteiger partial charge in [-0.25, -0.2) is 0 Å². The number of nitrogens with one attached hydrogen (secondary N) is 1. The van der Waals surface area contributed by atoms with Gasteiger partial charge in [0.15, 0.2) is 0 Å². The molecule has 0 bridgehead atoms. The van der Waals surface area contributed by atoms with Crippen molar-refractivity contribution in [3.63, 3.8) is 0 Å². The summed E-state index contributed by atoms with van der Waals surface area (Å²) in [4.78, 5) is 5.11. The van der Waals surface area contributed by atoms with Gasteiger partial charge in [-0.1, -0.05) is 6.92 Å².